The highest BCUT2D eigenvalue weighted by Crippen LogP contribution is 2.39. The molecule has 2 amide bonds. The predicted molar refractivity (Wildman–Crippen MR) is 107 cm³/mol. The molecule has 2 N–H and O–H groups in total. The Morgan fingerprint density at radius 3 is 2.39 bits per heavy atom. The van der Waals surface area contributed by atoms with E-state index in [4.69, 9.17) is 0 Å². The minimum Gasteiger partial charge on any atom is -0.344 e. The number of aromatic nitrogens is 3. The molecule has 7 nitrogen and oxygen atoms in total. The molecule has 0 radical (unpaired) electrons. The summed E-state index contributed by atoms with van der Waals surface area (Å²) in [6.07, 6.45) is 15.2. The summed E-state index contributed by atoms with van der Waals surface area (Å²) in [5, 5.41) is 2.70. The predicted octanol–water partition coefficient (Wildman–Crippen LogP) is 3.14. The van der Waals surface area contributed by atoms with E-state index in [2.05, 4.69) is 20.3 Å². The summed E-state index contributed by atoms with van der Waals surface area (Å²) in [4.78, 5) is 38.0. The lowest BCUT2D eigenvalue weighted by atomic mass is 10.2. The highest BCUT2D eigenvalue weighted by atomic mass is 16.2. The smallest absolute Gasteiger partial charge is 0.255 e. The number of nitrogens with zero attached hydrogens (tertiary/aromatic N) is 3. The third kappa shape index (κ3) is 4.51. The van der Waals surface area contributed by atoms with Gasteiger partial charge in [0.05, 0.1) is 24.0 Å². The number of hydrogen-bond donors (Lipinski definition) is 2. The molecule has 3 fully saturated rings. The van der Waals surface area contributed by atoms with Crippen LogP contribution in [0.25, 0.3) is 11.2 Å². The fraction of sp³-hybridized carbons (Fsp3) is 0.619. The average Bonchev–Trinajstić information content (AvgIpc) is 3.19. The zero-order valence-electron chi connectivity index (χ0n) is 16.4. The number of aromatic amines is 1. The normalized spacial score (nSPS) is 18.8. The van der Waals surface area contributed by atoms with Gasteiger partial charge in [-0.3, -0.25) is 9.59 Å². The summed E-state index contributed by atoms with van der Waals surface area (Å²) in [7, 11) is 0. The quantitative estimate of drug-likeness (QED) is 0.848. The molecule has 0 aromatic carbocycles. The van der Waals surface area contributed by atoms with Crippen molar-refractivity contribution in [1.29, 1.82) is 0 Å². The third-order valence-corrected chi connectivity index (χ3v) is 5.75. The third-order valence-electron chi connectivity index (χ3n) is 5.75. The van der Waals surface area contributed by atoms with Crippen molar-refractivity contribution in [2.45, 2.75) is 63.7 Å². The number of amides is 2. The first-order valence-electron chi connectivity index (χ1n) is 10.6. The fourth-order valence-corrected chi connectivity index (χ4v) is 3.87. The molecule has 2 saturated carbocycles. The summed E-state index contributed by atoms with van der Waals surface area (Å²) in [6, 6.07) is 0. The Labute approximate surface area is 165 Å². The highest BCUT2D eigenvalue weighted by Gasteiger charge is 2.26. The molecule has 7 heteroatoms. The number of carbonyl (C=O) groups is 2. The molecule has 0 atom stereocenters. The van der Waals surface area contributed by atoms with Gasteiger partial charge >= 0.3 is 0 Å². The lowest BCUT2D eigenvalue weighted by molar-refractivity contribution is -0.129. The SMILES string of the molecule is C1CCCC1.O=C(NCC(=O)N1CCCC1)c1c[nH]c2ncc(C3CC3)nc12. The van der Waals surface area contributed by atoms with E-state index in [0.29, 0.717) is 22.6 Å². The van der Waals surface area contributed by atoms with Gasteiger partial charge in [-0.25, -0.2) is 9.97 Å². The summed E-state index contributed by atoms with van der Waals surface area (Å²) < 4.78 is 0. The molecular formula is C21H29N5O2. The molecule has 150 valence electrons. The van der Waals surface area contributed by atoms with Crippen molar-refractivity contribution >= 4 is 23.0 Å². The van der Waals surface area contributed by atoms with E-state index in [1.807, 2.05) is 0 Å². The largest absolute Gasteiger partial charge is 0.344 e. The average molecular weight is 383 g/mol. The Balaban J connectivity index is 0.000000336. The number of nitrogens with one attached hydrogen (secondary N) is 2. The molecule has 3 aliphatic rings. The van der Waals surface area contributed by atoms with Gasteiger partial charge in [-0.15, -0.1) is 0 Å². The summed E-state index contributed by atoms with van der Waals surface area (Å²) in [6.45, 7) is 1.61. The van der Waals surface area contributed by atoms with Crippen LogP contribution in [0.1, 0.15) is 79.8 Å². The minimum atomic E-state index is -0.286. The highest BCUT2D eigenvalue weighted by molar-refractivity contribution is 6.05. The van der Waals surface area contributed by atoms with Crippen LogP contribution < -0.4 is 5.32 Å². The molecule has 0 spiro atoms. The molecule has 2 aliphatic carbocycles. The first-order valence-corrected chi connectivity index (χ1v) is 10.6. The molecule has 3 heterocycles. The number of rotatable bonds is 4. The second kappa shape index (κ2) is 8.71. The maximum absolute atomic E-state index is 12.4. The van der Waals surface area contributed by atoms with E-state index >= 15 is 0 Å². The fourth-order valence-electron chi connectivity index (χ4n) is 3.87. The molecule has 1 saturated heterocycles. The van der Waals surface area contributed by atoms with Gasteiger partial charge in [-0.05, 0) is 25.7 Å². The van der Waals surface area contributed by atoms with Crippen LogP contribution in [0.4, 0.5) is 0 Å². The Kier molecular flexibility index (Phi) is 5.88. The van der Waals surface area contributed by atoms with Gasteiger partial charge in [0.15, 0.2) is 5.65 Å². The van der Waals surface area contributed by atoms with Gasteiger partial charge in [0.25, 0.3) is 5.91 Å². The second-order valence-electron chi connectivity index (χ2n) is 8.01. The standard InChI is InChI=1S/C16H19N5O2.C5H10/c22-13(21-5-1-2-6-21)9-19-16(23)11-7-17-15-14(11)20-12(8-18-15)10-3-4-10;1-2-4-5-3-1/h7-8,10H,1-6,9H2,(H,17,18)(H,19,23);1-5H2. The Morgan fingerprint density at radius 1 is 1.07 bits per heavy atom. The van der Waals surface area contributed by atoms with Crippen LogP contribution >= 0.6 is 0 Å². The Hall–Kier alpha value is -2.44. The lowest BCUT2D eigenvalue weighted by Crippen LogP contribution is -2.38. The Morgan fingerprint density at radius 2 is 1.75 bits per heavy atom. The minimum absolute atomic E-state index is 0.0274. The molecule has 5 rings (SSSR count). The topological polar surface area (TPSA) is 91.0 Å². The molecule has 0 bridgehead atoms. The second-order valence-corrected chi connectivity index (χ2v) is 8.01. The van der Waals surface area contributed by atoms with Crippen molar-refractivity contribution in [3.63, 3.8) is 0 Å². The monoisotopic (exact) mass is 383 g/mol. The van der Waals surface area contributed by atoms with Crippen LogP contribution in [-0.2, 0) is 4.79 Å². The van der Waals surface area contributed by atoms with E-state index in [1.165, 1.54) is 32.1 Å². The van der Waals surface area contributed by atoms with Crippen molar-refractivity contribution in [1.82, 2.24) is 25.2 Å². The first kappa shape index (κ1) is 18.9. The van der Waals surface area contributed by atoms with Crippen molar-refractivity contribution in [2.24, 2.45) is 0 Å². The van der Waals surface area contributed by atoms with E-state index in [9.17, 15) is 9.59 Å². The van der Waals surface area contributed by atoms with E-state index < -0.39 is 0 Å². The molecule has 1 aliphatic heterocycles. The van der Waals surface area contributed by atoms with E-state index in [1.54, 1.807) is 17.3 Å². The Bertz CT molecular complexity index is 825. The number of H-pyrrole nitrogens is 1. The van der Waals surface area contributed by atoms with Gasteiger partial charge in [0.1, 0.15) is 5.52 Å². The molecule has 2 aromatic rings. The zero-order valence-corrected chi connectivity index (χ0v) is 16.4. The van der Waals surface area contributed by atoms with E-state index in [-0.39, 0.29) is 18.4 Å². The maximum Gasteiger partial charge on any atom is 0.255 e. The van der Waals surface area contributed by atoms with Gasteiger partial charge < -0.3 is 15.2 Å². The molecular weight excluding hydrogens is 354 g/mol. The van der Waals surface area contributed by atoms with Crippen LogP contribution in [0.5, 0.6) is 0 Å². The first-order chi connectivity index (χ1) is 13.7. The number of likely N-dealkylation sites (tertiary alicyclic amines) is 1. The maximum atomic E-state index is 12.4. The van der Waals surface area contributed by atoms with Crippen molar-refractivity contribution in [2.75, 3.05) is 19.6 Å². The van der Waals surface area contributed by atoms with Crippen molar-refractivity contribution in [3.05, 3.63) is 23.7 Å². The number of fused-ring (bicyclic) bond motifs is 1. The van der Waals surface area contributed by atoms with Crippen molar-refractivity contribution < 1.29 is 9.59 Å². The molecule has 28 heavy (non-hydrogen) atoms. The number of carbonyl (C=O) groups excluding carboxylic acids is 2. The van der Waals surface area contributed by atoms with Crippen LogP contribution in [0.2, 0.25) is 0 Å². The lowest BCUT2D eigenvalue weighted by Gasteiger charge is -2.15. The van der Waals surface area contributed by atoms with Gasteiger partial charge in [-0.2, -0.15) is 0 Å². The van der Waals surface area contributed by atoms with Crippen LogP contribution in [0, 0.1) is 0 Å². The zero-order chi connectivity index (χ0) is 19.3. The van der Waals surface area contributed by atoms with Crippen molar-refractivity contribution in [3.8, 4) is 0 Å². The van der Waals surface area contributed by atoms with E-state index in [0.717, 1.165) is 44.5 Å². The molecule has 2 aromatic heterocycles. The van der Waals surface area contributed by atoms with Gasteiger partial charge in [-0.1, -0.05) is 32.1 Å². The van der Waals surface area contributed by atoms with Crippen LogP contribution in [0.15, 0.2) is 12.4 Å². The molecule has 0 unspecified atom stereocenters. The van der Waals surface area contributed by atoms with Crippen LogP contribution in [0.3, 0.4) is 0 Å². The summed E-state index contributed by atoms with van der Waals surface area (Å²) in [5.41, 5.74) is 2.58. The van der Waals surface area contributed by atoms with Gasteiger partial charge in [0.2, 0.25) is 5.91 Å². The van der Waals surface area contributed by atoms with Gasteiger partial charge in [0, 0.05) is 25.2 Å². The summed E-state index contributed by atoms with van der Waals surface area (Å²) in [5.74, 6) is 0.168. The summed E-state index contributed by atoms with van der Waals surface area (Å²) >= 11 is 0. The van der Waals surface area contributed by atoms with Crippen LogP contribution in [-0.4, -0.2) is 51.3 Å². The number of hydrogen-bond acceptors (Lipinski definition) is 4.